The lowest BCUT2D eigenvalue weighted by atomic mass is 9.86. The molecule has 0 heterocycles. The van der Waals surface area contributed by atoms with Crippen LogP contribution >= 0.6 is 0 Å². The summed E-state index contributed by atoms with van der Waals surface area (Å²) in [6.07, 6.45) is 0.991. The molecule has 0 saturated heterocycles. The molecule has 0 aromatic heterocycles. The predicted octanol–water partition coefficient (Wildman–Crippen LogP) is 3.17. The summed E-state index contributed by atoms with van der Waals surface area (Å²) in [5.41, 5.74) is 2.94. The van der Waals surface area contributed by atoms with Gasteiger partial charge in [-0.2, -0.15) is 0 Å². The molecule has 0 radical (unpaired) electrons. The quantitative estimate of drug-likeness (QED) is 0.709. The lowest BCUT2D eigenvalue weighted by Crippen LogP contribution is -2.35. The van der Waals surface area contributed by atoms with Gasteiger partial charge in [-0.25, -0.2) is 0 Å². The lowest BCUT2D eigenvalue weighted by Gasteiger charge is -2.21. The average Bonchev–Trinajstić information content (AvgIpc) is 2.43. The van der Waals surface area contributed by atoms with Gasteiger partial charge in [-0.15, -0.1) is 0 Å². The van der Waals surface area contributed by atoms with Crippen LogP contribution in [0.1, 0.15) is 38.8 Å². The topological polar surface area (TPSA) is 30.5 Å². The summed E-state index contributed by atoms with van der Waals surface area (Å²) in [4.78, 5) is 0. The van der Waals surface area contributed by atoms with Gasteiger partial charge in [0, 0.05) is 13.2 Å². The van der Waals surface area contributed by atoms with E-state index in [0.29, 0.717) is 19.3 Å². The maximum absolute atomic E-state index is 5.65. The minimum absolute atomic E-state index is 0.211. The Morgan fingerprint density at radius 3 is 2.29 bits per heavy atom. The van der Waals surface area contributed by atoms with E-state index in [4.69, 9.17) is 9.47 Å². The number of methoxy groups -OCH3 is 1. The Hall–Kier alpha value is -0.900. The highest BCUT2D eigenvalue weighted by atomic mass is 16.5. The maximum atomic E-state index is 5.65. The lowest BCUT2D eigenvalue weighted by molar-refractivity contribution is 0.0589. The molecule has 1 rings (SSSR count). The van der Waals surface area contributed by atoms with E-state index in [1.807, 2.05) is 0 Å². The number of rotatable bonds is 9. The van der Waals surface area contributed by atoms with Crippen LogP contribution < -0.4 is 5.32 Å². The molecule has 1 unspecified atom stereocenters. The van der Waals surface area contributed by atoms with Gasteiger partial charge in [-0.3, -0.25) is 0 Å². The third-order valence-corrected chi connectivity index (χ3v) is 3.55. The Morgan fingerprint density at radius 1 is 1.10 bits per heavy atom. The fourth-order valence-electron chi connectivity index (χ4n) is 2.27. The summed E-state index contributed by atoms with van der Waals surface area (Å²) in [5.74, 6) is 0. The number of nitrogens with one attached hydrogen (secondary N) is 1. The molecular weight excluding hydrogens is 262 g/mol. The fraction of sp³-hybridized carbons (Fsp3) is 0.667. The van der Waals surface area contributed by atoms with E-state index in [9.17, 15) is 0 Å². The Balaban J connectivity index is 2.54. The highest BCUT2D eigenvalue weighted by Crippen LogP contribution is 2.22. The van der Waals surface area contributed by atoms with Crippen molar-refractivity contribution in [2.45, 2.75) is 45.6 Å². The van der Waals surface area contributed by atoms with Crippen molar-refractivity contribution >= 4 is 0 Å². The molecule has 1 N–H and O–H groups in total. The molecule has 0 aliphatic rings. The minimum atomic E-state index is 0.211. The first-order chi connectivity index (χ1) is 9.97. The van der Waals surface area contributed by atoms with E-state index >= 15 is 0 Å². The smallest absolute Gasteiger partial charge is 0.0701 e. The molecule has 1 aromatic carbocycles. The molecule has 120 valence electrons. The van der Waals surface area contributed by atoms with Crippen molar-refractivity contribution in [1.29, 1.82) is 0 Å². The van der Waals surface area contributed by atoms with Crippen LogP contribution in [-0.4, -0.2) is 39.5 Å². The Bertz CT molecular complexity index is 381. The normalized spacial score (nSPS) is 13.4. The second kappa shape index (κ2) is 9.19. The van der Waals surface area contributed by atoms with Gasteiger partial charge in [0.1, 0.15) is 0 Å². The van der Waals surface area contributed by atoms with Crippen LogP contribution in [0, 0.1) is 0 Å². The molecule has 1 atom stereocenters. The number of likely N-dealkylation sites (N-methyl/N-ethyl adjacent to an activating group) is 1. The first-order valence-corrected chi connectivity index (χ1v) is 7.87. The Morgan fingerprint density at radius 2 is 1.76 bits per heavy atom. The third kappa shape index (κ3) is 7.07. The molecule has 0 amide bonds. The number of ether oxygens (including phenoxy) is 2. The summed E-state index contributed by atoms with van der Waals surface area (Å²) >= 11 is 0. The second-order valence-electron chi connectivity index (χ2n) is 6.47. The van der Waals surface area contributed by atoms with Crippen LogP contribution in [0.2, 0.25) is 0 Å². The van der Waals surface area contributed by atoms with E-state index in [-0.39, 0.29) is 5.41 Å². The molecule has 0 fully saturated rings. The van der Waals surface area contributed by atoms with Gasteiger partial charge in [0.2, 0.25) is 0 Å². The standard InChI is InChI=1S/C18H31NO2/c1-6-19-17(14-21-12-11-20-5)13-15-7-9-16(10-8-15)18(2,3)4/h7-10,17,19H,6,11-14H2,1-5H3. The largest absolute Gasteiger partial charge is 0.382 e. The van der Waals surface area contributed by atoms with Crippen molar-refractivity contribution in [3.63, 3.8) is 0 Å². The van der Waals surface area contributed by atoms with Gasteiger partial charge in [-0.1, -0.05) is 52.0 Å². The van der Waals surface area contributed by atoms with E-state index in [0.717, 1.165) is 19.6 Å². The van der Waals surface area contributed by atoms with Crippen LogP contribution in [0.4, 0.5) is 0 Å². The van der Waals surface area contributed by atoms with Gasteiger partial charge in [0.15, 0.2) is 0 Å². The number of hydrogen-bond acceptors (Lipinski definition) is 3. The van der Waals surface area contributed by atoms with Gasteiger partial charge >= 0.3 is 0 Å². The zero-order valence-corrected chi connectivity index (χ0v) is 14.2. The Labute approximate surface area is 130 Å². The third-order valence-electron chi connectivity index (χ3n) is 3.55. The average molecular weight is 293 g/mol. The summed E-state index contributed by atoms with van der Waals surface area (Å²) in [7, 11) is 1.70. The van der Waals surface area contributed by atoms with E-state index in [1.54, 1.807) is 7.11 Å². The van der Waals surface area contributed by atoms with Crippen molar-refractivity contribution in [1.82, 2.24) is 5.32 Å². The zero-order chi connectivity index (χ0) is 15.7. The van der Waals surface area contributed by atoms with Crippen molar-refractivity contribution in [2.24, 2.45) is 0 Å². The highest BCUT2D eigenvalue weighted by molar-refractivity contribution is 5.28. The first kappa shape index (κ1) is 18.1. The van der Waals surface area contributed by atoms with Crippen LogP contribution in [0.25, 0.3) is 0 Å². The molecule has 1 aromatic rings. The van der Waals surface area contributed by atoms with Crippen molar-refractivity contribution < 1.29 is 9.47 Å². The molecule has 3 heteroatoms. The fourth-order valence-corrected chi connectivity index (χ4v) is 2.27. The summed E-state index contributed by atoms with van der Waals surface area (Å²) < 4.78 is 10.7. The highest BCUT2D eigenvalue weighted by Gasteiger charge is 2.14. The van der Waals surface area contributed by atoms with Crippen LogP contribution in [0.5, 0.6) is 0 Å². The summed E-state index contributed by atoms with van der Waals surface area (Å²) in [6, 6.07) is 9.31. The monoisotopic (exact) mass is 293 g/mol. The zero-order valence-electron chi connectivity index (χ0n) is 14.2. The molecule has 3 nitrogen and oxygen atoms in total. The van der Waals surface area contributed by atoms with E-state index in [2.05, 4.69) is 57.3 Å². The number of benzene rings is 1. The van der Waals surface area contributed by atoms with Crippen LogP contribution in [0.3, 0.4) is 0 Å². The maximum Gasteiger partial charge on any atom is 0.0701 e. The molecule has 0 saturated carbocycles. The first-order valence-electron chi connectivity index (χ1n) is 7.87. The minimum Gasteiger partial charge on any atom is -0.382 e. The Kier molecular flexibility index (Phi) is 7.94. The van der Waals surface area contributed by atoms with E-state index in [1.165, 1.54) is 11.1 Å². The van der Waals surface area contributed by atoms with Crippen molar-refractivity contribution in [3.05, 3.63) is 35.4 Å². The second-order valence-corrected chi connectivity index (χ2v) is 6.47. The molecular formula is C18H31NO2. The van der Waals surface area contributed by atoms with E-state index < -0.39 is 0 Å². The SMILES string of the molecule is CCNC(COCCOC)Cc1ccc(C(C)(C)C)cc1. The molecule has 0 spiro atoms. The molecule has 0 bridgehead atoms. The van der Waals surface area contributed by atoms with Gasteiger partial charge in [-0.05, 0) is 29.5 Å². The van der Waals surface area contributed by atoms with Crippen molar-refractivity contribution in [2.75, 3.05) is 33.5 Å². The summed E-state index contributed by atoms with van der Waals surface area (Å²) in [5, 5.41) is 3.49. The van der Waals surface area contributed by atoms with Gasteiger partial charge in [0.25, 0.3) is 0 Å². The molecule has 0 aliphatic carbocycles. The van der Waals surface area contributed by atoms with Gasteiger partial charge in [0.05, 0.1) is 19.8 Å². The van der Waals surface area contributed by atoms with Crippen LogP contribution in [-0.2, 0) is 21.3 Å². The summed E-state index contributed by atoms with van der Waals surface area (Å²) in [6.45, 7) is 11.8. The van der Waals surface area contributed by atoms with Crippen LogP contribution in [0.15, 0.2) is 24.3 Å². The number of hydrogen-bond donors (Lipinski definition) is 1. The van der Waals surface area contributed by atoms with Gasteiger partial charge < -0.3 is 14.8 Å². The molecule has 21 heavy (non-hydrogen) atoms. The predicted molar refractivity (Wildman–Crippen MR) is 89.0 cm³/mol. The molecule has 0 aliphatic heterocycles. The van der Waals surface area contributed by atoms with Crippen molar-refractivity contribution in [3.8, 4) is 0 Å².